The summed E-state index contributed by atoms with van der Waals surface area (Å²) in [6.07, 6.45) is 2.67. The van der Waals surface area contributed by atoms with Crippen molar-refractivity contribution in [3.05, 3.63) is 29.3 Å². The maximum Gasteiger partial charge on any atom is 0.308 e. The van der Waals surface area contributed by atoms with E-state index in [0.717, 1.165) is 30.5 Å². The molecule has 0 radical (unpaired) electrons. The van der Waals surface area contributed by atoms with Crippen LogP contribution in [0, 0.1) is 24.2 Å². The third-order valence-corrected chi connectivity index (χ3v) is 3.77. The van der Waals surface area contributed by atoms with Crippen molar-refractivity contribution in [3.8, 4) is 6.07 Å². The van der Waals surface area contributed by atoms with Gasteiger partial charge in [-0.3, -0.25) is 4.79 Å². The quantitative estimate of drug-likeness (QED) is 0.856. The Bertz CT molecular complexity index is 534. The molecule has 20 heavy (non-hydrogen) atoms. The molecule has 1 aromatic carbocycles. The Labute approximate surface area is 119 Å². The fourth-order valence-electron chi connectivity index (χ4n) is 2.70. The van der Waals surface area contributed by atoms with Crippen LogP contribution in [0.1, 0.15) is 37.3 Å². The number of nitrogens with zero attached hydrogens (tertiary/aromatic N) is 1. The Morgan fingerprint density at radius 2 is 2.30 bits per heavy atom. The molecule has 0 bridgehead atoms. The standard InChI is InChI=1S/C16H20N2O2/c1-3-20-16(19)13-5-6-14(9-13)18-15-7-4-12(10-17)8-11(15)2/h4,7-8,13-14,18H,3,5-6,9H2,1-2H3/t13-,14+/m0/s1. The number of hydrogen-bond acceptors (Lipinski definition) is 4. The number of anilines is 1. The highest BCUT2D eigenvalue weighted by Crippen LogP contribution is 2.30. The molecular weight excluding hydrogens is 252 g/mol. The summed E-state index contributed by atoms with van der Waals surface area (Å²) in [5.74, 6) is -0.0560. The molecule has 1 saturated carbocycles. The second-order valence-corrected chi connectivity index (χ2v) is 5.24. The van der Waals surface area contributed by atoms with Crippen LogP contribution >= 0.6 is 0 Å². The molecular formula is C16H20N2O2. The van der Waals surface area contributed by atoms with Gasteiger partial charge in [-0.15, -0.1) is 0 Å². The molecule has 1 aliphatic rings. The molecule has 1 N–H and O–H groups in total. The zero-order chi connectivity index (χ0) is 14.5. The first kappa shape index (κ1) is 14.4. The van der Waals surface area contributed by atoms with Crippen LogP contribution in [0.2, 0.25) is 0 Å². The van der Waals surface area contributed by atoms with E-state index in [1.54, 1.807) is 0 Å². The lowest BCUT2D eigenvalue weighted by molar-refractivity contribution is -0.147. The molecule has 0 spiro atoms. The third kappa shape index (κ3) is 3.30. The molecule has 0 amide bonds. The smallest absolute Gasteiger partial charge is 0.308 e. The van der Waals surface area contributed by atoms with Gasteiger partial charge in [0, 0.05) is 11.7 Å². The second-order valence-electron chi connectivity index (χ2n) is 5.24. The molecule has 0 heterocycles. The average Bonchev–Trinajstić information content (AvgIpc) is 2.90. The van der Waals surface area contributed by atoms with E-state index in [2.05, 4.69) is 11.4 Å². The van der Waals surface area contributed by atoms with Crippen LogP contribution in [-0.2, 0) is 9.53 Å². The highest BCUT2D eigenvalue weighted by Gasteiger charge is 2.30. The summed E-state index contributed by atoms with van der Waals surface area (Å²) in [5.41, 5.74) is 2.77. The molecule has 2 rings (SSSR count). The van der Waals surface area contributed by atoms with Crippen LogP contribution in [0.15, 0.2) is 18.2 Å². The fourth-order valence-corrected chi connectivity index (χ4v) is 2.70. The van der Waals surface area contributed by atoms with Gasteiger partial charge >= 0.3 is 5.97 Å². The van der Waals surface area contributed by atoms with Crippen LogP contribution < -0.4 is 5.32 Å². The number of carbonyl (C=O) groups excluding carboxylic acids is 1. The summed E-state index contributed by atoms with van der Waals surface area (Å²) in [4.78, 5) is 11.7. The van der Waals surface area contributed by atoms with E-state index in [-0.39, 0.29) is 11.9 Å². The van der Waals surface area contributed by atoms with E-state index in [0.29, 0.717) is 18.2 Å². The monoisotopic (exact) mass is 272 g/mol. The van der Waals surface area contributed by atoms with Gasteiger partial charge in [-0.25, -0.2) is 0 Å². The van der Waals surface area contributed by atoms with Crippen molar-refractivity contribution in [3.63, 3.8) is 0 Å². The van der Waals surface area contributed by atoms with Crippen molar-refractivity contribution in [1.29, 1.82) is 5.26 Å². The zero-order valence-electron chi connectivity index (χ0n) is 12.0. The molecule has 4 nitrogen and oxygen atoms in total. The molecule has 1 aromatic rings. The number of aryl methyl sites for hydroxylation is 1. The molecule has 0 aromatic heterocycles. The van der Waals surface area contributed by atoms with Crippen molar-refractivity contribution < 1.29 is 9.53 Å². The van der Waals surface area contributed by atoms with Gasteiger partial charge in [-0.1, -0.05) is 0 Å². The molecule has 2 atom stereocenters. The first-order valence-electron chi connectivity index (χ1n) is 7.08. The van der Waals surface area contributed by atoms with E-state index < -0.39 is 0 Å². The normalized spacial score (nSPS) is 21.2. The summed E-state index contributed by atoms with van der Waals surface area (Å²) < 4.78 is 5.08. The first-order valence-corrected chi connectivity index (χ1v) is 7.08. The third-order valence-electron chi connectivity index (χ3n) is 3.77. The van der Waals surface area contributed by atoms with Crippen molar-refractivity contribution in [2.75, 3.05) is 11.9 Å². The summed E-state index contributed by atoms with van der Waals surface area (Å²) >= 11 is 0. The first-order chi connectivity index (χ1) is 9.63. The molecule has 0 saturated heterocycles. The Hall–Kier alpha value is -2.02. The van der Waals surface area contributed by atoms with Crippen molar-refractivity contribution in [2.24, 2.45) is 5.92 Å². The maximum atomic E-state index is 11.7. The predicted octanol–water partition coefficient (Wildman–Crippen LogP) is 3.01. The summed E-state index contributed by atoms with van der Waals surface area (Å²) in [6, 6.07) is 8.06. The molecule has 0 aliphatic heterocycles. The summed E-state index contributed by atoms with van der Waals surface area (Å²) in [5, 5.41) is 12.3. The van der Waals surface area contributed by atoms with Gasteiger partial charge in [-0.2, -0.15) is 5.26 Å². The highest BCUT2D eigenvalue weighted by atomic mass is 16.5. The van der Waals surface area contributed by atoms with Crippen LogP contribution in [0.5, 0.6) is 0 Å². The van der Waals surface area contributed by atoms with Crippen LogP contribution in [-0.4, -0.2) is 18.6 Å². The lowest BCUT2D eigenvalue weighted by atomic mass is 10.1. The number of carbonyl (C=O) groups is 1. The number of rotatable bonds is 4. The lowest BCUT2D eigenvalue weighted by Crippen LogP contribution is -2.20. The largest absolute Gasteiger partial charge is 0.466 e. The molecule has 1 aliphatic carbocycles. The van der Waals surface area contributed by atoms with Gasteiger partial charge in [0.1, 0.15) is 0 Å². The minimum absolute atomic E-state index is 0.0196. The minimum Gasteiger partial charge on any atom is -0.466 e. The Morgan fingerprint density at radius 3 is 2.95 bits per heavy atom. The van der Waals surface area contributed by atoms with E-state index in [1.807, 2.05) is 32.0 Å². The topological polar surface area (TPSA) is 62.1 Å². The van der Waals surface area contributed by atoms with E-state index in [9.17, 15) is 4.79 Å². The van der Waals surface area contributed by atoms with E-state index >= 15 is 0 Å². The maximum absolute atomic E-state index is 11.7. The van der Waals surface area contributed by atoms with Crippen molar-refractivity contribution >= 4 is 11.7 Å². The van der Waals surface area contributed by atoms with Crippen LogP contribution in [0.3, 0.4) is 0 Å². The number of ether oxygens (including phenoxy) is 1. The van der Waals surface area contributed by atoms with Gasteiger partial charge < -0.3 is 10.1 Å². The molecule has 1 fully saturated rings. The number of esters is 1. The fraction of sp³-hybridized carbons (Fsp3) is 0.500. The zero-order valence-corrected chi connectivity index (χ0v) is 12.0. The molecule has 106 valence electrons. The Kier molecular flexibility index (Phi) is 4.62. The van der Waals surface area contributed by atoms with Crippen LogP contribution in [0.25, 0.3) is 0 Å². The number of nitrogens with one attached hydrogen (secondary N) is 1. The predicted molar refractivity (Wildman–Crippen MR) is 77.3 cm³/mol. The number of benzene rings is 1. The van der Waals surface area contributed by atoms with Gasteiger partial charge in [0.2, 0.25) is 0 Å². The van der Waals surface area contributed by atoms with Gasteiger partial charge in [-0.05, 0) is 56.9 Å². The van der Waals surface area contributed by atoms with Gasteiger partial charge in [0.05, 0.1) is 24.2 Å². The lowest BCUT2D eigenvalue weighted by Gasteiger charge is -2.16. The van der Waals surface area contributed by atoms with E-state index in [4.69, 9.17) is 10.00 Å². The molecule has 0 unspecified atom stereocenters. The van der Waals surface area contributed by atoms with Gasteiger partial charge in [0.25, 0.3) is 0 Å². The summed E-state index contributed by atoms with van der Waals surface area (Å²) in [6.45, 7) is 4.27. The SMILES string of the molecule is CCOC(=O)[C@H]1CC[C@@H](Nc2ccc(C#N)cc2C)C1. The average molecular weight is 272 g/mol. The Morgan fingerprint density at radius 1 is 1.50 bits per heavy atom. The minimum atomic E-state index is -0.0756. The second kappa shape index (κ2) is 6.42. The number of nitriles is 1. The summed E-state index contributed by atoms with van der Waals surface area (Å²) in [7, 11) is 0. The van der Waals surface area contributed by atoms with Crippen LogP contribution in [0.4, 0.5) is 5.69 Å². The van der Waals surface area contributed by atoms with E-state index in [1.165, 1.54) is 0 Å². The van der Waals surface area contributed by atoms with Crippen molar-refractivity contribution in [2.45, 2.75) is 39.2 Å². The highest BCUT2D eigenvalue weighted by molar-refractivity contribution is 5.73. The van der Waals surface area contributed by atoms with Gasteiger partial charge in [0.15, 0.2) is 0 Å². The Balaban J connectivity index is 1.95. The number of hydrogen-bond donors (Lipinski definition) is 1. The molecule has 4 heteroatoms. The van der Waals surface area contributed by atoms with Crippen molar-refractivity contribution in [1.82, 2.24) is 0 Å².